The average Bonchev–Trinajstić information content (AvgIpc) is 2.66. The average molecular weight is 204 g/mol. The molecule has 1 aliphatic carbocycles. The number of carbonyl (C=O) groups is 1. The van der Waals surface area contributed by atoms with Gasteiger partial charge in [-0.05, 0) is 24.8 Å². The highest BCUT2D eigenvalue weighted by Gasteiger charge is 2.26. The lowest BCUT2D eigenvalue weighted by molar-refractivity contribution is -0.121. The molecule has 1 aliphatic rings. The van der Waals surface area contributed by atoms with Gasteiger partial charge < -0.3 is 5.11 Å². The van der Waals surface area contributed by atoms with Gasteiger partial charge >= 0.3 is 0 Å². The molecule has 0 heterocycles. The molecule has 2 rings (SSSR count). The summed E-state index contributed by atoms with van der Waals surface area (Å²) in [5.74, 6) is 0.408. The second-order valence-corrected chi connectivity index (χ2v) is 4.22. The summed E-state index contributed by atoms with van der Waals surface area (Å²) in [6.45, 7) is 0. The van der Waals surface area contributed by atoms with Gasteiger partial charge in [0.15, 0.2) is 0 Å². The zero-order valence-electron chi connectivity index (χ0n) is 8.73. The largest absolute Gasteiger partial charge is 0.388 e. The predicted molar refractivity (Wildman–Crippen MR) is 58.4 cm³/mol. The zero-order chi connectivity index (χ0) is 10.7. The Balaban J connectivity index is 1.98. The Morgan fingerprint density at radius 3 is 2.67 bits per heavy atom. The highest BCUT2D eigenvalue weighted by molar-refractivity contribution is 5.82. The normalized spacial score (nSPS) is 23.0. The molecule has 1 aromatic carbocycles. The summed E-state index contributed by atoms with van der Waals surface area (Å²) in [4.78, 5) is 11.4. The first kappa shape index (κ1) is 10.4. The minimum Gasteiger partial charge on any atom is -0.388 e. The van der Waals surface area contributed by atoms with Crippen molar-refractivity contribution in [2.75, 3.05) is 0 Å². The van der Waals surface area contributed by atoms with Gasteiger partial charge in [-0.15, -0.1) is 0 Å². The van der Waals surface area contributed by atoms with Crippen LogP contribution in [0.25, 0.3) is 0 Å². The SMILES string of the molecule is O=C1CCCC1CC(O)c1ccccc1. The summed E-state index contributed by atoms with van der Waals surface area (Å²) < 4.78 is 0. The summed E-state index contributed by atoms with van der Waals surface area (Å²) in [6, 6.07) is 9.56. The summed E-state index contributed by atoms with van der Waals surface area (Å²) in [5.41, 5.74) is 0.914. The van der Waals surface area contributed by atoms with Crippen molar-refractivity contribution < 1.29 is 9.90 Å². The topological polar surface area (TPSA) is 37.3 Å². The number of aliphatic hydroxyl groups excluding tert-OH is 1. The monoisotopic (exact) mass is 204 g/mol. The highest BCUT2D eigenvalue weighted by atomic mass is 16.3. The Morgan fingerprint density at radius 2 is 2.07 bits per heavy atom. The van der Waals surface area contributed by atoms with E-state index in [9.17, 15) is 9.90 Å². The minimum absolute atomic E-state index is 0.0835. The van der Waals surface area contributed by atoms with Crippen LogP contribution in [0.4, 0.5) is 0 Å². The molecule has 0 saturated heterocycles. The molecule has 15 heavy (non-hydrogen) atoms. The Labute approximate surface area is 89.9 Å². The van der Waals surface area contributed by atoms with Crippen LogP contribution in [-0.4, -0.2) is 10.9 Å². The van der Waals surface area contributed by atoms with E-state index < -0.39 is 6.10 Å². The third-order valence-corrected chi connectivity index (χ3v) is 3.12. The van der Waals surface area contributed by atoms with Crippen LogP contribution < -0.4 is 0 Å². The van der Waals surface area contributed by atoms with Crippen molar-refractivity contribution >= 4 is 5.78 Å². The van der Waals surface area contributed by atoms with Gasteiger partial charge in [-0.3, -0.25) is 4.79 Å². The maximum absolute atomic E-state index is 11.4. The van der Waals surface area contributed by atoms with Crippen LogP contribution in [0.5, 0.6) is 0 Å². The van der Waals surface area contributed by atoms with Crippen molar-refractivity contribution in [2.24, 2.45) is 5.92 Å². The zero-order valence-corrected chi connectivity index (χ0v) is 8.73. The number of aliphatic hydroxyl groups is 1. The number of rotatable bonds is 3. The second kappa shape index (κ2) is 4.58. The number of carbonyl (C=O) groups excluding carboxylic acids is 1. The summed E-state index contributed by atoms with van der Waals surface area (Å²) in [6.07, 6.45) is 2.74. The Bertz CT molecular complexity index is 332. The number of benzene rings is 1. The Morgan fingerprint density at radius 1 is 1.33 bits per heavy atom. The van der Waals surface area contributed by atoms with Crippen molar-refractivity contribution in [3.8, 4) is 0 Å². The van der Waals surface area contributed by atoms with E-state index in [1.54, 1.807) is 0 Å². The molecular formula is C13H16O2. The first-order chi connectivity index (χ1) is 7.27. The van der Waals surface area contributed by atoms with Gasteiger partial charge in [0.05, 0.1) is 6.10 Å². The number of hydrogen-bond donors (Lipinski definition) is 1. The first-order valence-corrected chi connectivity index (χ1v) is 5.53. The molecular weight excluding hydrogens is 188 g/mol. The maximum atomic E-state index is 11.4. The molecule has 0 radical (unpaired) electrons. The van der Waals surface area contributed by atoms with E-state index in [4.69, 9.17) is 0 Å². The van der Waals surface area contributed by atoms with E-state index >= 15 is 0 Å². The Kier molecular flexibility index (Phi) is 3.17. The van der Waals surface area contributed by atoms with Crippen molar-refractivity contribution in [2.45, 2.75) is 31.8 Å². The summed E-state index contributed by atoms with van der Waals surface area (Å²) in [5, 5.41) is 9.95. The van der Waals surface area contributed by atoms with Crippen LogP contribution >= 0.6 is 0 Å². The van der Waals surface area contributed by atoms with Crippen LogP contribution in [0.2, 0.25) is 0 Å². The molecule has 2 heteroatoms. The van der Waals surface area contributed by atoms with E-state index in [1.165, 1.54) is 0 Å². The minimum atomic E-state index is -0.488. The standard InChI is InChI=1S/C13H16O2/c14-12-8-4-7-11(12)9-13(15)10-5-2-1-3-6-10/h1-3,5-6,11,13,15H,4,7-9H2. The van der Waals surface area contributed by atoms with E-state index in [2.05, 4.69) is 0 Å². The quantitative estimate of drug-likeness (QED) is 0.821. The lowest BCUT2D eigenvalue weighted by atomic mass is 9.95. The van der Waals surface area contributed by atoms with Crippen LogP contribution in [0, 0.1) is 5.92 Å². The molecule has 2 atom stereocenters. The molecule has 0 spiro atoms. The van der Waals surface area contributed by atoms with Gasteiger partial charge in [-0.1, -0.05) is 30.3 Å². The van der Waals surface area contributed by atoms with E-state index in [1.807, 2.05) is 30.3 Å². The van der Waals surface area contributed by atoms with Gasteiger partial charge in [0.1, 0.15) is 5.78 Å². The van der Waals surface area contributed by atoms with Crippen molar-refractivity contribution in [3.63, 3.8) is 0 Å². The predicted octanol–water partition coefficient (Wildman–Crippen LogP) is 2.48. The first-order valence-electron chi connectivity index (χ1n) is 5.53. The van der Waals surface area contributed by atoms with Crippen LogP contribution in [-0.2, 0) is 4.79 Å². The van der Waals surface area contributed by atoms with Crippen LogP contribution in [0.15, 0.2) is 30.3 Å². The smallest absolute Gasteiger partial charge is 0.136 e. The van der Waals surface area contributed by atoms with Gasteiger partial charge in [-0.25, -0.2) is 0 Å². The summed E-state index contributed by atoms with van der Waals surface area (Å²) >= 11 is 0. The van der Waals surface area contributed by atoms with Gasteiger partial charge in [0.2, 0.25) is 0 Å². The Hall–Kier alpha value is -1.15. The highest BCUT2D eigenvalue weighted by Crippen LogP contribution is 2.30. The molecule has 0 aromatic heterocycles. The third kappa shape index (κ3) is 2.45. The molecule has 0 bridgehead atoms. The second-order valence-electron chi connectivity index (χ2n) is 4.22. The van der Waals surface area contributed by atoms with E-state index in [-0.39, 0.29) is 5.92 Å². The molecule has 1 fully saturated rings. The fraction of sp³-hybridized carbons (Fsp3) is 0.462. The van der Waals surface area contributed by atoms with E-state index in [0.717, 1.165) is 18.4 Å². The molecule has 80 valence electrons. The molecule has 2 unspecified atom stereocenters. The summed E-state index contributed by atoms with van der Waals surface area (Å²) in [7, 11) is 0. The van der Waals surface area contributed by atoms with Gasteiger partial charge in [0, 0.05) is 12.3 Å². The van der Waals surface area contributed by atoms with Crippen LogP contribution in [0.1, 0.15) is 37.4 Å². The van der Waals surface area contributed by atoms with Crippen molar-refractivity contribution in [1.82, 2.24) is 0 Å². The molecule has 1 saturated carbocycles. The lowest BCUT2D eigenvalue weighted by Crippen LogP contribution is -2.11. The number of ketones is 1. The van der Waals surface area contributed by atoms with E-state index in [0.29, 0.717) is 18.6 Å². The number of hydrogen-bond acceptors (Lipinski definition) is 2. The van der Waals surface area contributed by atoms with Gasteiger partial charge in [-0.2, -0.15) is 0 Å². The number of Topliss-reactive ketones (excluding diaryl/α,β-unsaturated/α-hetero) is 1. The molecule has 0 aliphatic heterocycles. The lowest BCUT2D eigenvalue weighted by Gasteiger charge is -2.14. The van der Waals surface area contributed by atoms with Crippen LogP contribution in [0.3, 0.4) is 0 Å². The molecule has 2 nitrogen and oxygen atoms in total. The fourth-order valence-electron chi connectivity index (χ4n) is 2.22. The maximum Gasteiger partial charge on any atom is 0.136 e. The molecule has 1 N–H and O–H groups in total. The van der Waals surface area contributed by atoms with Crippen molar-refractivity contribution in [3.05, 3.63) is 35.9 Å². The fourth-order valence-corrected chi connectivity index (χ4v) is 2.22. The van der Waals surface area contributed by atoms with Crippen molar-refractivity contribution in [1.29, 1.82) is 0 Å². The molecule has 1 aromatic rings. The molecule has 0 amide bonds. The van der Waals surface area contributed by atoms with Gasteiger partial charge in [0.25, 0.3) is 0 Å². The third-order valence-electron chi connectivity index (χ3n) is 3.12.